The number of nitrogens with one attached hydrogen (secondary N) is 2. The molecule has 6 nitrogen and oxygen atoms in total. The summed E-state index contributed by atoms with van der Waals surface area (Å²) in [6, 6.07) is 17.3. The minimum atomic E-state index is -4.41. The molecule has 4 rings (SSSR count). The number of rotatable bonds is 7. The van der Waals surface area contributed by atoms with E-state index in [1.807, 2.05) is 30.3 Å². The number of aromatic nitrogens is 4. The summed E-state index contributed by atoms with van der Waals surface area (Å²) in [5.74, 6) is 0.0407. The monoisotopic (exact) mass is 426 g/mol. The molecule has 0 amide bonds. The third kappa shape index (κ3) is 4.66. The Morgan fingerprint density at radius 2 is 1.58 bits per heavy atom. The average Bonchev–Trinajstić information content (AvgIpc) is 3.22. The van der Waals surface area contributed by atoms with E-state index < -0.39 is 12.2 Å². The van der Waals surface area contributed by atoms with Crippen molar-refractivity contribution in [3.63, 3.8) is 0 Å². The largest absolute Gasteiger partial charge is 0.407 e. The molecule has 2 aromatic heterocycles. The molecule has 2 aromatic carbocycles. The average molecular weight is 426 g/mol. The molecule has 31 heavy (non-hydrogen) atoms. The van der Waals surface area contributed by atoms with Crippen LogP contribution in [-0.2, 0) is 0 Å². The predicted octanol–water partition coefficient (Wildman–Crippen LogP) is 4.35. The molecule has 0 radical (unpaired) electrons. The van der Waals surface area contributed by atoms with Crippen molar-refractivity contribution in [1.29, 1.82) is 0 Å². The Labute approximate surface area is 176 Å². The number of nitrogens with zero attached hydrogens (tertiary/aromatic N) is 3. The Morgan fingerprint density at radius 3 is 2.23 bits per heavy atom. The highest BCUT2D eigenvalue weighted by molar-refractivity contribution is 5.77. The van der Waals surface area contributed by atoms with Crippen molar-refractivity contribution in [1.82, 2.24) is 25.7 Å². The van der Waals surface area contributed by atoms with Crippen LogP contribution in [0.2, 0.25) is 0 Å². The zero-order valence-corrected chi connectivity index (χ0v) is 16.5. The highest BCUT2D eigenvalue weighted by atomic mass is 19.4. The minimum Gasteiger partial charge on any atom is -0.384 e. The van der Waals surface area contributed by atoms with Crippen molar-refractivity contribution in [2.45, 2.75) is 24.6 Å². The van der Waals surface area contributed by atoms with E-state index in [0.29, 0.717) is 17.6 Å². The summed E-state index contributed by atoms with van der Waals surface area (Å²) in [5, 5.41) is 13.4. The van der Waals surface area contributed by atoms with E-state index in [-0.39, 0.29) is 23.8 Å². The maximum absolute atomic E-state index is 13.7. The molecular weight excluding hydrogens is 405 g/mol. The lowest BCUT2D eigenvalue weighted by Crippen LogP contribution is -2.35. The van der Waals surface area contributed by atoms with E-state index in [4.69, 9.17) is 5.73 Å². The van der Waals surface area contributed by atoms with Gasteiger partial charge >= 0.3 is 6.18 Å². The number of hydrogen-bond donors (Lipinski definition) is 3. The van der Waals surface area contributed by atoms with Crippen LogP contribution in [0.4, 0.5) is 19.0 Å². The zero-order valence-electron chi connectivity index (χ0n) is 16.5. The van der Waals surface area contributed by atoms with Gasteiger partial charge in [0.15, 0.2) is 0 Å². The van der Waals surface area contributed by atoms with Crippen molar-refractivity contribution >= 4 is 17.0 Å². The molecular formula is C22H21F3N6. The van der Waals surface area contributed by atoms with E-state index in [1.165, 1.54) is 12.1 Å². The molecule has 4 aromatic rings. The second-order valence-electron chi connectivity index (χ2n) is 7.22. The van der Waals surface area contributed by atoms with E-state index in [2.05, 4.69) is 25.7 Å². The lowest BCUT2D eigenvalue weighted by Gasteiger charge is -2.24. The molecule has 2 unspecified atom stereocenters. The molecule has 0 aliphatic heterocycles. The smallest absolute Gasteiger partial charge is 0.384 e. The molecule has 160 valence electrons. The molecule has 0 fully saturated rings. The van der Waals surface area contributed by atoms with E-state index >= 15 is 0 Å². The quantitative estimate of drug-likeness (QED) is 0.409. The van der Waals surface area contributed by atoms with Crippen molar-refractivity contribution < 1.29 is 13.2 Å². The number of nitrogen functional groups attached to an aromatic ring is 1. The summed E-state index contributed by atoms with van der Waals surface area (Å²) < 4.78 is 41.1. The summed E-state index contributed by atoms with van der Waals surface area (Å²) in [4.78, 5) is 4.16. The maximum Gasteiger partial charge on any atom is 0.407 e. The van der Waals surface area contributed by atoms with Crippen LogP contribution in [0, 0.1) is 0 Å². The van der Waals surface area contributed by atoms with Crippen LogP contribution in [0.25, 0.3) is 11.2 Å². The van der Waals surface area contributed by atoms with Gasteiger partial charge in [-0.25, -0.2) is 4.98 Å². The Bertz CT molecular complexity index is 1130. The molecule has 9 heteroatoms. The van der Waals surface area contributed by atoms with Crippen LogP contribution < -0.4 is 11.1 Å². The number of hydrogen-bond acceptors (Lipinski definition) is 5. The number of H-pyrrole nitrogens is 1. The van der Waals surface area contributed by atoms with Gasteiger partial charge in [-0.3, -0.25) is 0 Å². The first-order valence-corrected chi connectivity index (χ1v) is 9.80. The Morgan fingerprint density at radius 1 is 0.935 bits per heavy atom. The van der Waals surface area contributed by atoms with Gasteiger partial charge in [-0.05, 0) is 35.7 Å². The van der Waals surface area contributed by atoms with Gasteiger partial charge in [-0.15, -0.1) is 5.10 Å². The highest BCUT2D eigenvalue weighted by Gasteiger charge is 2.40. The number of anilines is 1. The fraction of sp³-hybridized carbons (Fsp3) is 0.227. The van der Waals surface area contributed by atoms with Gasteiger partial charge in [0.2, 0.25) is 5.65 Å². The topological polar surface area (TPSA) is 92.5 Å². The first-order valence-electron chi connectivity index (χ1n) is 9.80. The molecule has 0 bridgehead atoms. The molecule has 2 heterocycles. The number of nitrogens with two attached hydrogens (primary N) is 1. The predicted molar refractivity (Wildman–Crippen MR) is 112 cm³/mol. The van der Waals surface area contributed by atoms with Gasteiger partial charge in [-0.1, -0.05) is 60.7 Å². The molecule has 0 aliphatic carbocycles. The van der Waals surface area contributed by atoms with Gasteiger partial charge < -0.3 is 11.1 Å². The lowest BCUT2D eigenvalue weighted by molar-refractivity contribution is -0.157. The van der Waals surface area contributed by atoms with Crippen molar-refractivity contribution in [3.05, 3.63) is 83.4 Å². The first kappa shape index (κ1) is 20.8. The van der Waals surface area contributed by atoms with Crippen LogP contribution in [0.3, 0.4) is 0 Å². The fourth-order valence-electron chi connectivity index (χ4n) is 3.77. The van der Waals surface area contributed by atoms with Gasteiger partial charge in [0.1, 0.15) is 17.4 Å². The molecule has 0 saturated heterocycles. The van der Waals surface area contributed by atoms with Crippen LogP contribution in [0.5, 0.6) is 0 Å². The number of alkyl halides is 3. The number of halogens is 3. The van der Waals surface area contributed by atoms with Crippen LogP contribution in [-0.4, -0.2) is 33.1 Å². The molecule has 0 aliphatic rings. The van der Waals surface area contributed by atoms with Gasteiger partial charge in [-0.2, -0.15) is 23.5 Å². The van der Waals surface area contributed by atoms with E-state index in [0.717, 1.165) is 11.1 Å². The van der Waals surface area contributed by atoms with Crippen molar-refractivity contribution in [2.24, 2.45) is 0 Å². The second kappa shape index (κ2) is 8.73. The Kier molecular flexibility index (Phi) is 5.85. The number of benzene rings is 2. The van der Waals surface area contributed by atoms with Gasteiger partial charge in [0, 0.05) is 5.92 Å². The molecule has 0 spiro atoms. The molecule has 4 N–H and O–H groups in total. The SMILES string of the molecule is Nc1cc(C(CCNC(c2ccccc2)C(F)(F)F)c2ccccc2)c2n[nH]nc2n1. The zero-order chi connectivity index (χ0) is 21.8. The fourth-order valence-corrected chi connectivity index (χ4v) is 3.77. The van der Waals surface area contributed by atoms with Crippen LogP contribution in [0.15, 0.2) is 66.7 Å². The number of fused-ring (bicyclic) bond motifs is 1. The third-order valence-corrected chi connectivity index (χ3v) is 5.16. The van der Waals surface area contributed by atoms with E-state index in [1.54, 1.807) is 24.3 Å². The summed E-state index contributed by atoms with van der Waals surface area (Å²) in [6.07, 6.45) is -4.01. The number of aromatic amines is 1. The summed E-state index contributed by atoms with van der Waals surface area (Å²) in [5.41, 5.74) is 8.78. The summed E-state index contributed by atoms with van der Waals surface area (Å²) >= 11 is 0. The summed E-state index contributed by atoms with van der Waals surface area (Å²) in [7, 11) is 0. The molecule has 0 saturated carbocycles. The second-order valence-corrected chi connectivity index (χ2v) is 7.22. The lowest BCUT2D eigenvalue weighted by atomic mass is 9.88. The maximum atomic E-state index is 13.7. The number of pyridine rings is 1. The Hall–Kier alpha value is -3.46. The first-order chi connectivity index (χ1) is 14.9. The molecule has 2 atom stereocenters. The normalized spacial score (nSPS) is 13.9. The Balaban J connectivity index is 1.62. The van der Waals surface area contributed by atoms with E-state index in [9.17, 15) is 13.2 Å². The highest BCUT2D eigenvalue weighted by Crippen LogP contribution is 2.35. The minimum absolute atomic E-state index is 0.125. The third-order valence-electron chi connectivity index (χ3n) is 5.16. The summed E-state index contributed by atoms with van der Waals surface area (Å²) in [6.45, 7) is 0.125. The van der Waals surface area contributed by atoms with Gasteiger partial charge in [0.05, 0.1) is 0 Å². The van der Waals surface area contributed by atoms with Crippen LogP contribution in [0.1, 0.15) is 35.1 Å². The van der Waals surface area contributed by atoms with Gasteiger partial charge in [0.25, 0.3) is 0 Å². The van der Waals surface area contributed by atoms with Crippen molar-refractivity contribution in [3.8, 4) is 0 Å². The van der Waals surface area contributed by atoms with Crippen molar-refractivity contribution in [2.75, 3.05) is 12.3 Å². The van der Waals surface area contributed by atoms with Crippen LogP contribution >= 0.6 is 0 Å². The standard InChI is InChI=1S/C22H21F3N6/c23-22(24,25)20(15-9-5-2-6-10-15)27-12-11-16(14-7-3-1-4-8-14)17-13-18(26)28-21-19(17)29-31-30-21/h1-10,13,16,20,27H,11-12H2,(H3,26,28,29,30,31).